The molecule has 0 heterocycles. The molecule has 0 aromatic heterocycles. The minimum atomic E-state index is 0.0208. The van der Waals surface area contributed by atoms with E-state index in [4.69, 9.17) is 9.47 Å². The van der Waals surface area contributed by atoms with E-state index in [0.717, 1.165) is 23.0 Å². The average Bonchev–Trinajstić information content (AvgIpc) is 2.64. The number of guanidine groups is 1. The van der Waals surface area contributed by atoms with Gasteiger partial charge in [-0.05, 0) is 32.0 Å². The molecule has 134 valence electrons. The first-order chi connectivity index (χ1) is 12.1. The first-order valence-corrected chi connectivity index (χ1v) is 8.42. The zero-order valence-electron chi connectivity index (χ0n) is 15.4. The molecule has 0 aliphatic rings. The Morgan fingerprint density at radius 3 is 2.48 bits per heavy atom. The van der Waals surface area contributed by atoms with E-state index in [2.05, 4.69) is 22.5 Å². The third kappa shape index (κ3) is 6.03. The van der Waals surface area contributed by atoms with Crippen LogP contribution in [0.3, 0.4) is 0 Å². The molecule has 2 aromatic rings. The summed E-state index contributed by atoms with van der Waals surface area (Å²) in [5.41, 5.74) is 2.30. The topological polar surface area (TPSA) is 54.9 Å². The molecule has 0 bridgehead atoms. The summed E-state index contributed by atoms with van der Waals surface area (Å²) in [5.74, 6) is 2.46. The Morgan fingerprint density at radius 1 is 1.08 bits per heavy atom. The number of benzene rings is 2. The highest BCUT2D eigenvalue weighted by molar-refractivity contribution is 5.79. The fourth-order valence-electron chi connectivity index (χ4n) is 2.38. The lowest BCUT2D eigenvalue weighted by Crippen LogP contribution is -2.41. The fourth-order valence-corrected chi connectivity index (χ4v) is 2.38. The fraction of sp³-hybridized carbons (Fsp3) is 0.350. The van der Waals surface area contributed by atoms with Crippen molar-refractivity contribution in [3.63, 3.8) is 0 Å². The molecular weight excluding hydrogens is 314 g/mol. The van der Waals surface area contributed by atoms with Gasteiger partial charge in [-0.25, -0.2) is 0 Å². The number of aliphatic imine (C=N–C) groups is 1. The zero-order valence-corrected chi connectivity index (χ0v) is 15.4. The van der Waals surface area contributed by atoms with Crippen molar-refractivity contribution in [2.24, 2.45) is 4.99 Å². The Morgan fingerprint density at radius 2 is 1.80 bits per heavy atom. The molecule has 0 spiro atoms. The van der Waals surface area contributed by atoms with Crippen LogP contribution in [0.1, 0.15) is 18.1 Å². The van der Waals surface area contributed by atoms with Crippen LogP contribution in [0.15, 0.2) is 53.5 Å². The molecule has 1 unspecified atom stereocenters. The Hall–Kier alpha value is -2.69. The van der Waals surface area contributed by atoms with Gasteiger partial charge in [0.15, 0.2) is 5.96 Å². The van der Waals surface area contributed by atoms with Crippen LogP contribution in [-0.4, -0.2) is 32.8 Å². The van der Waals surface area contributed by atoms with Crippen molar-refractivity contribution in [3.05, 3.63) is 59.7 Å². The van der Waals surface area contributed by atoms with Gasteiger partial charge in [-0.3, -0.25) is 4.99 Å². The number of hydrogen-bond acceptors (Lipinski definition) is 3. The molecule has 5 nitrogen and oxygen atoms in total. The molecule has 0 saturated carbocycles. The Kier molecular flexibility index (Phi) is 7.14. The molecule has 0 saturated heterocycles. The van der Waals surface area contributed by atoms with Gasteiger partial charge < -0.3 is 20.1 Å². The van der Waals surface area contributed by atoms with Crippen LogP contribution in [0.2, 0.25) is 0 Å². The van der Waals surface area contributed by atoms with E-state index in [-0.39, 0.29) is 6.10 Å². The smallest absolute Gasteiger partial charge is 0.191 e. The summed E-state index contributed by atoms with van der Waals surface area (Å²) in [7, 11) is 3.43. The Bertz CT molecular complexity index is 684. The second-order valence-electron chi connectivity index (χ2n) is 5.86. The van der Waals surface area contributed by atoms with Crippen LogP contribution in [0.4, 0.5) is 0 Å². The zero-order chi connectivity index (χ0) is 18.1. The van der Waals surface area contributed by atoms with Crippen molar-refractivity contribution in [2.45, 2.75) is 26.5 Å². The summed E-state index contributed by atoms with van der Waals surface area (Å²) in [6.45, 7) is 5.38. The molecule has 25 heavy (non-hydrogen) atoms. The van der Waals surface area contributed by atoms with E-state index >= 15 is 0 Å². The molecule has 2 aromatic carbocycles. The lowest BCUT2D eigenvalue weighted by atomic mass is 10.2. The quantitative estimate of drug-likeness (QED) is 0.600. The normalized spacial score (nSPS) is 12.4. The minimum absolute atomic E-state index is 0.0208. The van der Waals surface area contributed by atoms with E-state index in [1.165, 1.54) is 5.56 Å². The summed E-state index contributed by atoms with van der Waals surface area (Å²) in [6, 6.07) is 16.0. The van der Waals surface area contributed by atoms with Gasteiger partial charge in [0.05, 0.1) is 13.7 Å². The molecule has 0 aliphatic carbocycles. The van der Waals surface area contributed by atoms with Crippen molar-refractivity contribution in [1.82, 2.24) is 10.6 Å². The van der Waals surface area contributed by atoms with Crippen molar-refractivity contribution < 1.29 is 9.47 Å². The highest BCUT2D eigenvalue weighted by Gasteiger charge is 2.07. The van der Waals surface area contributed by atoms with Crippen molar-refractivity contribution in [3.8, 4) is 11.5 Å². The number of ether oxygens (including phenoxy) is 2. The van der Waals surface area contributed by atoms with Crippen LogP contribution in [0, 0.1) is 6.92 Å². The maximum Gasteiger partial charge on any atom is 0.191 e. The van der Waals surface area contributed by atoms with Crippen molar-refractivity contribution in [2.75, 3.05) is 20.7 Å². The predicted octanol–water partition coefficient (Wildman–Crippen LogP) is 3.14. The summed E-state index contributed by atoms with van der Waals surface area (Å²) in [4.78, 5) is 4.25. The van der Waals surface area contributed by atoms with Crippen LogP contribution in [0.5, 0.6) is 11.5 Å². The Labute approximate surface area is 150 Å². The van der Waals surface area contributed by atoms with E-state index in [0.29, 0.717) is 13.1 Å². The number of aryl methyl sites for hydroxylation is 1. The van der Waals surface area contributed by atoms with Gasteiger partial charge in [0.1, 0.15) is 17.6 Å². The van der Waals surface area contributed by atoms with Gasteiger partial charge in [0.2, 0.25) is 0 Å². The molecule has 1 atom stereocenters. The van der Waals surface area contributed by atoms with Crippen molar-refractivity contribution >= 4 is 5.96 Å². The third-order valence-corrected chi connectivity index (χ3v) is 3.78. The van der Waals surface area contributed by atoms with Gasteiger partial charge in [-0.1, -0.05) is 35.9 Å². The highest BCUT2D eigenvalue weighted by atomic mass is 16.5. The maximum atomic E-state index is 5.90. The molecular formula is C20H27N3O2. The van der Waals surface area contributed by atoms with E-state index in [1.807, 2.05) is 55.5 Å². The third-order valence-electron chi connectivity index (χ3n) is 3.78. The predicted molar refractivity (Wildman–Crippen MR) is 102 cm³/mol. The molecule has 5 heteroatoms. The Balaban J connectivity index is 1.80. The molecule has 2 N–H and O–H groups in total. The van der Waals surface area contributed by atoms with E-state index in [1.54, 1.807) is 14.2 Å². The van der Waals surface area contributed by atoms with Crippen LogP contribution >= 0.6 is 0 Å². The SMILES string of the molecule is CN=C(NCc1ccccc1OC)NCC(C)Oc1ccc(C)cc1. The molecule has 0 fully saturated rings. The van der Waals surface area contributed by atoms with Crippen molar-refractivity contribution in [1.29, 1.82) is 0 Å². The molecule has 0 aliphatic heterocycles. The van der Waals surface area contributed by atoms with Gasteiger partial charge in [0, 0.05) is 19.2 Å². The number of methoxy groups -OCH3 is 1. The van der Waals surface area contributed by atoms with Crippen LogP contribution in [-0.2, 0) is 6.54 Å². The monoisotopic (exact) mass is 341 g/mol. The largest absolute Gasteiger partial charge is 0.496 e. The van der Waals surface area contributed by atoms with Gasteiger partial charge in [0.25, 0.3) is 0 Å². The van der Waals surface area contributed by atoms with Crippen LogP contribution in [0.25, 0.3) is 0 Å². The lowest BCUT2D eigenvalue weighted by molar-refractivity contribution is 0.224. The summed E-state index contributed by atoms with van der Waals surface area (Å²) in [6.07, 6.45) is 0.0208. The lowest BCUT2D eigenvalue weighted by Gasteiger charge is -2.18. The standard InChI is InChI=1S/C20H27N3O2/c1-15-9-11-18(12-10-15)25-16(2)13-22-20(21-3)23-14-17-7-5-6-8-19(17)24-4/h5-12,16H,13-14H2,1-4H3,(H2,21,22,23). The number of rotatable bonds is 7. The first kappa shape index (κ1) is 18.6. The van der Waals surface area contributed by atoms with E-state index in [9.17, 15) is 0 Å². The van der Waals surface area contributed by atoms with Crippen LogP contribution < -0.4 is 20.1 Å². The maximum absolute atomic E-state index is 5.90. The summed E-state index contributed by atoms with van der Waals surface area (Å²) in [5, 5.41) is 6.57. The highest BCUT2D eigenvalue weighted by Crippen LogP contribution is 2.16. The summed E-state index contributed by atoms with van der Waals surface area (Å²) < 4.78 is 11.3. The number of hydrogen-bond donors (Lipinski definition) is 2. The number of nitrogens with one attached hydrogen (secondary N) is 2. The molecule has 2 rings (SSSR count). The second-order valence-corrected chi connectivity index (χ2v) is 5.86. The minimum Gasteiger partial charge on any atom is -0.496 e. The summed E-state index contributed by atoms with van der Waals surface area (Å²) >= 11 is 0. The number of nitrogens with zero attached hydrogens (tertiary/aromatic N) is 1. The van der Waals surface area contributed by atoms with Gasteiger partial charge in [-0.2, -0.15) is 0 Å². The van der Waals surface area contributed by atoms with E-state index < -0.39 is 0 Å². The average molecular weight is 341 g/mol. The number of para-hydroxylation sites is 1. The van der Waals surface area contributed by atoms with Gasteiger partial charge in [-0.15, -0.1) is 0 Å². The van der Waals surface area contributed by atoms with Gasteiger partial charge >= 0.3 is 0 Å². The molecule has 0 radical (unpaired) electrons. The molecule has 0 amide bonds. The first-order valence-electron chi connectivity index (χ1n) is 8.42. The second kappa shape index (κ2) is 9.57.